The van der Waals surface area contributed by atoms with Crippen molar-refractivity contribution in [1.29, 1.82) is 0 Å². The summed E-state index contributed by atoms with van der Waals surface area (Å²) < 4.78 is 0. The summed E-state index contributed by atoms with van der Waals surface area (Å²) in [7, 11) is 0. The van der Waals surface area contributed by atoms with E-state index in [1.54, 1.807) is 18.0 Å². The van der Waals surface area contributed by atoms with Crippen molar-refractivity contribution in [2.24, 2.45) is 5.73 Å². The predicted molar refractivity (Wildman–Crippen MR) is 75.4 cm³/mol. The highest BCUT2D eigenvalue weighted by molar-refractivity contribution is 7.99. The van der Waals surface area contributed by atoms with E-state index in [1.165, 1.54) is 0 Å². The number of nitrogens with one attached hydrogen (secondary N) is 1. The number of likely N-dealkylation sites (N-methyl/N-ethyl adjacent to an activating group) is 1. The number of pyridine rings is 1. The second-order valence-corrected chi connectivity index (χ2v) is 5.99. The number of primary amides is 1. The third kappa shape index (κ3) is 4.31. The minimum Gasteiger partial charge on any atom is -0.368 e. The van der Waals surface area contributed by atoms with Crippen LogP contribution in [0.4, 0.5) is 0 Å². The van der Waals surface area contributed by atoms with Gasteiger partial charge in [-0.1, -0.05) is 19.9 Å². The zero-order chi connectivity index (χ0) is 13.6. The largest absolute Gasteiger partial charge is 0.368 e. The monoisotopic (exact) mass is 267 g/mol. The number of hydrogen-bond acceptors (Lipinski definition) is 4. The van der Waals surface area contributed by atoms with Crippen LogP contribution in [0.15, 0.2) is 29.4 Å². The van der Waals surface area contributed by atoms with Crippen LogP contribution in [0, 0.1) is 0 Å². The maximum Gasteiger partial charge on any atom is 0.237 e. The number of nitrogens with zero attached hydrogens (tertiary/aromatic N) is 1. The summed E-state index contributed by atoms with van der Waals surface area (Å²) >= 11 is 1.65. The fraction of sp³-hybridized carbons (Fsp3) is 0.538. The molecule has 0 aliphatic heterocycles. The van der Waals surface area contributed by atoms with Crippen molar-refractivity contribution in [2.45, 2.75) is 43.0 Å². The van der Waals surface area contributed by atoms with Crippen LogP contribution in [-0.2, 0) is 4.79 Å². The second-order valence-electron chi connectivity index (χ2n) is 4.53. The van der Waals surface area contributed by atoms with E-state index in [4.69, 9.17) is 5.73 Å². The topological polar surface area (TPSA) is 68.0 Å². The van der Waals surface area contributed by atoms with Gasteiger partial charge in [0.05, 0.1) is 10.6 Å². The molecule has 2 unspecified atom stereocenters. The third-order valence-electron chi connectivity index (χ3n) is 2.77. The van der Waals surface area contributed by atoms with Crippen LogP contribution < -0.4 is 11.1 Å². The van der Waals surface area contributed by atoms with Gasteiger partial charge in [-0.2, -0.15) is 0 Å². The number of carbonyl (C=O) groups is 1. The van der Waals surface area contributed by atoms with E-state index >= 15 is 0 Å². The lowest BCUT2D eigenvalue weighted by molar-refractivity contribution is -0.124. The van der Waals surface area contributed by atoms with Crippen LogP contribution in [0.3, 0.4) is 0 Å². The molecule has 0 fully saturated rings. The summed E-state index contributed by atoms with van der Waals surface area (Å²) in [6, 6.07) is 5.82. The Balaban J connectivity index is 2.62. The van der Waals surface area contributed by atoms with Gasteiger partial charge < -0.3 is 11.1 Å². The fourth-order valence-electron chi connectivity index (χ4n) is 1.89. The Hall–Kier alpha value is -1.07. The lowest BCUT2D eigenvalue weighted by Crippen LogP contribution is -2.54. The first-order valence-electron chi connectivity index (χ1n) is 6.10. The van der Waals surface area contributed by atoms with Crippen molar-refractivity contribution in [1.82, 2.24) is 10.3 Å². The van der Waals surface area contributed by atoms with Gasteiger partial charge in [-0.25, -0.2) is 4.98 Å². The smallest absolute Gasteiger partial charge is 0.237 e. The summed E-state index contributed by atoms with van der Waals surface area (Å²) in [6.07, 6.45) is 2.45. The summed E-state index contributed by atoms with van der Waals surface area (Å²) in [4.78, 5) is 15.8. The number of amides is 1. The van der Waals surface area contributed by atoms with Crippen molar-refractivity contribution in [2.75, 3.05) is 6.54 Å². The minimum atomic E-state index is -0.657. The van der Waals surface area contributed by atoms with Gasteiger partial charge in [0.1, 0.15) is 0 Å². The van der Waals surface area contributed by atoms with Gasteiger partial charge in [-0.05, 0) is 32.0 Å². The first kappa shape index (κ1) is 15.0. The maximum absolute atomic E-state index is 11.5. The van der Waals surface area contributed by atoms with Crippen molar-refractivity contribution < 1.29 is 4.79 Å². The molecule has 3 N–H and O–H groups in total. The van der Waals surface area contributed by atoms with Crippen LogP contribution in [0.2, 0.25) is 0 Å². The number of carbonyl (C=O) groups excluding carboxylic acids is 1. The predicted octanol–water partition coefficient (Wildman–Crippen LogP) is 1.81. The highest BCUT2D eigenvalue weighted by Crippen LogP contribution is 2.27. The lowest BCUT2D eigenvalue weighted by atomic mass is 9.95. The molecular weight excluding hydrogens is 246 g/mol. The number of thioether (sulfide) groups is 1. The van der Waals surface area contributed by atoms with E-state index in [2.05, 4.69) is 17.2 Å². The molecule has 2 atom stereocenters. The molecule has 5 heteroatoms. The minimum absolute atomic E-state index is 0.261. The SMILES string of the molecule is CCNC(C)(CC(C)Sc1ccccn1)C(N)=O. The normalized spacial score (nSPS) is 15.9. The highest BCUT2D eigenvalue weighted by Gasteiger charge is 2.32. The highest BCUT2D eigenvalue weighted by atomic mass is 32.2. The third-order valence-corrected chi connectivity index (χ3v) is 3.82. The Morgan fingerprint density at radius 1 is 1.61 bits per heavy atom. The van der Waals surface area contributed by atoms with Crippen molar-refractivity contribution >= 4 is 17.7 Å². The zero-order valence-electron chi connectivity index (χ0n) is 11.1. The number of hydrogen-bond donors (Lipinski definition) is 2. The quantitative estimate of drug-likeness (QED) is 0.739. The van der Waals surface area contributed by atoms with Gasteiger partial charge in [0.25, 0.3) is 0 Å². The molecule has 0 saturated carbocycles. The molecule has 18 heavy (non-hydrogen) atoms. The first-order chi connectivity index (χ1) is 8.48. The van der Waals surface area contributed by atoms with Crippen LogP contribution in [-0.4, -0.2) is 28.2 Å². The lowest BCUT2D eigenvalue weighted by Gasteiger charge is -2.29. The maximum atomic E-state index is 11.5. The van der Waals surface area contributed by atoms with Gasteiger partial charge in [0.2, 0.25) is 5.91 Å². The molecule has 0 spiro atoms. The molecule has 1 aromatic heterocycles. The van der Waals surface area contributed by atoms with E-state index in [1.807, 2.05) is 32.0 Å². The Bertz CT molecular complexity index is 385. The van der Waals surface area contributed by atoms with Gasteiger partial charge in [-0.15, -0.1) is 11.8 Å². The second kappa shape index (κ2) is 6.75. The Morgan fingerprint density at radius 3 is 2.83 bits per heavy atom. The molecular formula is C13H21N3OS. The van der Waals surface area contributed by atoms with Crippen molar-refractivity contribution in [3.05, 3.63) is 24.4 Å². The van der Waals surface area contributed by atoms with Gasteiger partial charge in [0, 0.05) is 11.4 Å². The standard InChI is InChI=1S/C13H21N3OS/c1-4-16-13(3,12(14)17)9-10(2)18-11-7-5-6-8-15-11/h5-8,10,16H,4,9H2,1-3H3,(H2,14,17). The van der Waals surface area contributed by atoms with Crippen molar-refractivity contribution in [3.8, 4) is 0 Å². The summed E-state index contributed by atoms with van der Waals surface area (Å²) in [5, 5.41) is 4.39. The Morgan fingerprint density at radius 2 is 2.33 bits per heavy atom. The Labute approximate surface area is 113 Å². The van der Waals surface area contributed by atoms with Crippen LogP contribution in [0.25, 0.3) is 0 Å². The molecule has 1 aromatic rings. The molecule has 100 valence electrons. The van der Waals surface area contributed by atoms with E-state index < -0.39 is 5.54 Å². The molecule has 1 heterocycles. The molecule has 0 aliphatic rings. The molecule has 0 aliphatic carbocycles. The van der Waals surface area contributed by atoms with E-state index in [0.29, 0.717) is 6.42 Å². The molecule has 0 radical (unpaired) electrons. The average Bonchev–Trinajstić information content (AvgIpc) is 2.30. The molecule has 1 amide bonds. The van der Waals surface area contributed by atoms with Crippen LogP contribution in [0.1, 0.15) is 27.2 Å². The number of aromatic nitrogens is 1. The summed E-state index contributed by atoms with van der Waals surface area (Å²) in [6.45, 7) is 6.63. The van der Waals surface area contributed by atoms with Crippen LogP contribution in [0.5, 0.6) is 0 Å². The summed E-state index contributed by atoms with van der Waals surface area (Å²) in [5.74, 6) is -0.308. The Kier molecular flexibility index (Phi) is 5.62. The molecule has 1 rings (SSSR count). The first-order valence-corrected chi connectivity index (χ1v) is 6.98. The van der Waals surface area contributed by atoms with Gasteiger partial charge in [-0.3, -0.25) is 4.79 Å². The van der Waals surface area contributed by atoms with Gasteiger partial charge in [0.15, 0.2) is 0 Å². The van der Waals surface area contributed by atoms with Crippen LogP contribution >= 0.6 is 11.8 Å². The van der Waals surface area contributed by atoms with E-state index in [0.717, 1.165) is 11.6 Å². The molecule has 0 aromatic carbocycles. The van der Waals surface area contributed by atoms with Gasteiger partial charge >= 0.3 is 0 Å². The number of rotatable bonds is 7. The summed E-state index contributed by atoms with van der Waals surface area (Å²) in [5.41, 5.74) is 4.82. The zero-order valence-corrected chi connectivity index (χ0v) is 12.0. The van der Waals surface area contributed by atoms with Crippen molar-refractivity contribution in [3.63, 3.8) is 0 Å². The van der Waals surface area contributed by atoms with E-state index in [9.17, 15) is 4.79 Å². The molecule has 4 nitrogen and oxygen atoms in total. The molecule has 0 bridgehead atoms. The molecule has 0 saturated heterocycles. The fourth-order valence-corrected chi connectivity index (χ4v) is 3.00. The average molecular weight is 267 g/mol. The van der Waals surface area contributed by atoms with E-state index in [-0.39, 0.29) is 11.2 Å². The number of nitrogens with two attached hydrogens (primary N) is 1.